The third kappa shape index (κ3) is 4.20. The molecule has 28 heavy (non-hydrogen) atoms. The zero-order chi connectivity index (χ0) is 20.2. The average molecular weight is 408 g/mol. The summed E-state index contributed by atoms with van der Waals surface area (Å²) in [6.07, 6.45) is -0.475. The lowest BCUT2D eigenvalue weighted by molar-refractivity contribution is -0.137. The molecule has 1 unspecified atom stereocenters. The number of halogens is 4. The molecule has 0 saturated carbocycles. The lowest BCUT2D eigenvalue weighted by Gasteiger charge is -2.39. The first-order valence-corrected chi connectivity index (χ1v) is 8.96. The maximum absolute atomic E-state index is 13.0. The van der Waals surface area contributed by atoms with Crippen molar-refractivity contribution in [3.8, 4) is 6.07 Å². The minimum Gasteiger partial charge on any atom is -0.379 e. The Morgan fingerprint density at radius 1 is 1.18 bits per heavy atom. The van der Waals surface area contributed by atoms with Crippen molar-refractivity contribution in [2.24, 2.45) is 0 Å². The summed E-state index contributed by atoms with van der Waals surface area (Å²) in [4.78, 5) is 5.78. The molecule has 0 radical (unpaired) electrons. The zero-order valence-corrected chi connectivity index (χ0v) is 15.5. The van der Waals surface area contributed by atoms with Crippen molar-refractivity contribution >= 4 is 17.7 Å². The Morgan fingerprint density at radius 2 is 1.86 bits per heavy atom. The van der Waals surface area contributed by atoms with Crippen molar-refractivity contribution in [3.05, 3.63) is 70.5 Å². The van der Waals surface area contributed by atoms with Gasteiger partial charge in [-0.3, -0.25) is 9.88 Å². The number of morpholine rings is 1. The number of rotatable bonds is 4. The smallest absolute Gasteiger partial charge is 0.379 e. The third-order valence-electron chi connectivity index (χ3n) is 4.53. The van der Waals surface area contributed by atoms with Gasteiger partial charge in [-0.1, -0.05) is 48.0 Å². The number of nitrogens with zero attached hydrogens (tertiary/aromatic N) is 3. The first kappa shape index (κ1) is 20.3. The Morgan fingerprint density at radius 3 is 2.43 bits per heavy atom. The summed E-state index contributed by atoms with van der Waals surface area (Å²) < 4.78 is 44.3. The van der Waals surface area contributed by atoms with Gasteiger partial charge in [-0.2, -0.15) is 18.4 Å². The molecule has 1 aromatic heterocycles. The number of benzene rings is 1. The molecule has 4 nitrogen and oxygen atoms in total. The van der Waals surface area contributed by atoms with Crippen LogP contribution in [-0.2, 0) is 16.5 Å². The van der Waals surface area contributed by atoms with Crippen molar-refractivity contribution in [3.63, 3.8) is 0 Å². The van der Waals surface area contributed by atoms with Crippen LogP contribution in [0.2, 0.25) is 5.02 Å². The number of alkyl halides is 3. The normalized spacial score (nSPS) is 18.0. The second kappa shape index (κ2) is 8.31. The van der Waals surface area contributed by atoms with Crippen molar-refractivity contribution in [2.45, 2.75) is 11.7 Å². The summed E-state index contributed by atoms with van der Waals surface area (Å²) in [7, 11) is 0. The lowest BCUT2D eigenvalue weighted by Crippen LogP contribution is -2.50. The van der Waals surface area contributed by atoms with Gasteiger partial charge in [0.25, 0.3) is 0 Å². The predicted molar refractivity (Wildman–Crippen MR) is 99.4 cm³/mol. The highest BCUT2D eigenvalue weighted by Crippen LogP contribution is 2.37. The van der Waals surface area contributed by atoms with Crippen LogP contribution in [0.3, 0.4) is 0 Å². The van der Waals surface area contributed by atoms with E-state index in [0.717, 1.165) is 11.6 Å². The summed E-state index contributed by atoms with van der Waals surface area (Å²) in [5.41, 5.74) is -1.46. The standard InChI is InChI=1S/C20H17ClF3N3O/c21-17-12-16(20(22,23)24)13-26-18(17)19(14-25,27-8-10-28-11-9-27)7-6-15-4-2-1-3-5-15/h1-7,12-13H,8-11H2. The zero-order valence-electron chi connectivity index (χ0n) is 14.8. The minimum absolute atomic E-state index is 0.0683. The number of hydrogen-bond acceptors (Lipinski definition) is 4. The van der Waals surface area contributed by atoms with E-state index in [9.17, 15) is 18.4 Å². The highest BCUT2D eigenvalue weighted by atomic mass is 35.5. The largest absolute Gasteiger partial charge is 0.417 e. The molecule has 1 aliphatic heterocycles. The summed E-state index contributed by atoms with van der Waals surface area (Å²) in [6, 6.07) is 12.3. The van der Waals surface area contributed by atoms with Crippen LogP contribution in [0.5, 0.6) is 0 Å². The molecular weight excluding hydrogens is 391 g/mol. The summed E-state index contributed by atoms with van der Waals surface area (Å²) in [6.45, 7) is 1.65. The molecule has 1 atom stereocenters. The van der Waals surface area contributed by atoms with Gasteiger partial charge in [-0.25, -0.2) is 0 Å². The average Bonchev–Trinajstić information content (AvgIpc) is 2.70. The fourth-order valence-electron chi connectivity index (χ4n) is 3.07. The number of hydrogen-bond donors (Lipinski definition) is 0. The van der Waals surface area contributed by atoms with E-state index in [4.69, 9.17) is 16.3 Å². The number of ether oxygens (including phenoxy) is 1. The Balaban J connectivity index is 2.10. The monoisotopic (exact) mass is 407 g/mol. The molecule has 0 aliphatic carbocycles. The maximum atomic E-state index is 13.0. The molecule has 1 aliphatic rings. The van der Waals surface area contributed by atoms with Crippen LogP contribution in [0.15, 0.2) is 48.7 Å². The van der Waals surface area contributed by atoms with E-state index in [1.165, 1.54) is 0 Å². The Kier molecular flexibility index (Phi) is 6.04. The molecule has 2 heterocycles. The Hall–Kier alpha value is -2.40. The summed E-state index contributed by atoms with van der Waals surface area (Å²) in [5, 5.41) is 9.90. The van der Waals surface area contributed by atoms with Crippen LogP contribution in [0.25, 0.3) is 6.08 Å². The summed E-state index contributed by atoms with van der Waals surface area (Å²) >= 11 is 6.19. The maximum Gasteiger partial charge on any atom is 0.417 e. The van der Waals surface area contributed by atoms with E-state index < -0.39 is 17.3 Å². The Bertz CT molecular complexity index is 890. The molecule has 3 rings (SSSR count). The van der Waals surface area contributed by atoms with Crippen LogP contribution in [-0.4, -0.2) is 36.2 Å². The number of pyridine rings is 1. The molecule has 8 heteroatoms. The number of nitriles is 1. The van der Waals surface area contributed by atoms with E-state index in [1.807, 2.05) is 35.2 Å². The van der Waals surface area contributed by atoms with Gasteiger partial charge in [0.05, 0.1) is 35.6 Å². The van der Waals surface area contributed by atoms with Gasteiger partial charge in [0.1, 0.15) is 0 Å². The second-order valence-electron chi connectivity index (χ2n) is 6.27. The van der Waals surface area contributed by atoms with Gasteiger partial charge in [0, 0.05) is 19.3 Å². The van der Waals surface area contributed by atoms with Gasteiger partial charge in [0.2, 0.25) is 0 Å². The molecule has 1 aromatic carbocycles. The molecule has 0 amide bonds. The molecule has 146 valence electrons. The first-order chi connectivity index (χ1) is 13.4. The quantitative estimate of drug-likeness (QED) is 0.747. The van der Waals surface area contributed by atoms with Crippen LogP contribution in [0.4, 0.5) is 13.2 Å². The van der Waals surface area contributed by atoms with Crippen molar-refractivity contribution in [1.82, 2.24) is 9.88 Å². The predicted octanol–water partition coefficient (Wildman–Crippen LogP) is 4.52. The van der Waals surface area contributed by atoms with E-state index in [0.29, 0.717) is 32.5 Å². The molecule has 1 fully saturated rings. The minimum atomic E-state index is -4.57. The highest BCUT2D eigenvalue weighted by molar-refractivity contribution is 6.31. The lowest BCUT2D eigenvalue weighted by atomic mass is 9.91. The van der Waals surface area contributed by atoms with Crippen LogP contribution >= 0.6 is 11.6 Å². The fraction of sp³-hybridized carbons (Fsp3) is 0.300. The molecular formula is C20H17ClF3N3O. The topological polar surface area (TPSA) is 49.2 Å². The van der Waals surface area contributed by atoms with E-state index in [1.54, 1.807) is 12.2 Å². The van der Waals surface area contributed by atoms with Crippen molar-refractivity contribution < 1.29 is 17.9 Å². The van der Waals surface area contributed by atoms with Crippen molar-refractivity contribution in [2.75, 3.05) is 26.3 Å². The molecule has 0 spiro atoms. The van der Waals surface area contributed by atoms with Gasteiger partial charge in [-0.05, 0) is 17.7 Å². The van der Waals surface area contributed by atoms with Crippen molar-refractivity contribution in [1.29, 1.82) is 5.26 Å². The SMILES string of the molecule is N#CC(C=Cc1ccccc1)(c1ncc(C(F)(F)F)cc1Cl)N1CCOCC1. The highest BCUT2D eigenvalue weighted by Gasteiger charge is 2.42. The van der Waals surface area contributed by atoms with Gasteiger partial charge >= 0.3 is 6.18 Å². The molecule has 0 N–H and O–H groups in total. The van der Waals surface area contributed by atoms with E-state index in [-0.39, 0.29) is 10.7 Å². The van der Waals surface area contributed by atoms with E-state index >= 15 is 0 Å². The van der Waals surface area contributed by atoms with Gasteiger partial charge in [0.15, 0.2) is 5.54 Å². The number of aromatic nitrogens is 1. The van der Waals surface area contributed by atoms with Gasteiger partial charge < -0.3 is 4.74 Å². The Labute approximate surface area is 165 Å². The summed E-state index contributed by atoms with van der Waals surface area (Å²) in [5.74, 6) is 0. The van der Waals surface area contributed by atoms with E-state index in [2.05, 4.69) is 11.1 Å². The van der Waals surface area contributed by atoms with Crippen LogP contribution in [0.1, 0.15) is 16.8 Å². The van der Waals surface area contributed by atoms with Gasteiger partial charge in [-0.15, -0.1) is 0 Å². The molecule has 0 bridgehead atoms. The second-order valence-corrected chi connectivity index (χ2v) is 6.68. The van der Waals surface area contributed by atoms with Crippen LogP contribution in [0, 0.1) is 11.3 Å². The molecule has 1 saturated heterocycles. The first-order valence-electron chi connectivity index (χ1n) is 8.58. The fourth-order valence-corrected chi connectivity index (χ4v) is 3.38. The third-order valence-corrected chi connectivity index (χ3v) is 4.81. The molecule has 2 aromatic rings. The van der Waals surface area contributed by atoms with Crippen LogP contribution < -0.4 is 0 Å².